The van der Waals surface area contributed by atoms with Crippen LogP contribution in [0.5, 0.6) is 5.75 Å². The van der Waals surface area contributed by atoms with Gasteiger partial charge in [-0.15, -0.1) is 0 Å². The summed E-state index contributed by atoms with van der Waals surface area (Å²) in [6, 6.07) is 13.1. The van der Waals surface area contributed by atoms with E-state index in [4.69, 9.17) is 4.74 Å². The number of ether oxygens (including phenoxy) is 1. The molecule has 2 aliphatic rings. The summed E-state index contributed by atoms with van der Waals surface area (Å²) in [6.07, 6.45) is 2.81. The Bertz CT molecular complexity index is 1050. The Hall–Kier alpha value is -2.73. The van der Waals surface area contributed by atoms with Crippen LogP contribution in [0, 0.1) is 0 Å². The quantitative estimate of drug-likeness (QED) is 0.598. The number of thioether (sulfide) groups is 1. The molecule has 0 N–H and O–H groups in total. The Balaban J connectivity index is 1.75. The van der Waals surface area contributed by atoms with Gasteiger partial charge in [0.05, 0.1) is 17.7 Å². The molecule has 156 valence electrons. The summed E-state index contributed by atoms with van der Waals surface area (Å²) in [7, 11) is 3.74. The summed E-state index contributed by atoms with van der Waals surface area (Å²) >= 11 is 0.962. The molecule has 2 aliphatic heterocycles. The number of carbonyl (C=O) groups excluding carboxylic acids is 2. The molecule has 4 rings (SSSR count). The Kier molecular flexibility index (Phi) is 5.14. The lowest BCUT2D eigenvalue weighted by Gasteiger charge is -2.45. The van der Waals surface area contributed by atoms with Gasteiger partial charge in [-0.05, 0) is 67.8 Å². The van der Waals surface area contributed by atoms with Gasteiger partial charge in [0.15, 0.2) is 0 Å². The van der Waals surface area contributed by atoms with Crippen LogP contribution in [0.2, 0.25) is 0 Å². The Morgan fingerprint density at radius 1 is 1.17 bits per heavy atom. The van der Waals surface area contributed by atoms with Gasteiger partial charge < -0.3 is 9.64 Å². The van der Waals surface area contributed by atoms with Gasteiger partial charge in [-0.3, -0.25) is 9.59 Å². The van der Waals surface area contributed by atoms with Crippen molar-refractivity contribution in [3.05, 3.63) is 58.5 Å². The number of nitrogens with zero attached hydrogens (tertiary/aromatic N) is 2. The summed E-state index contributed by atoms with van der Waals surface area (Å²) < 4.78 is 5.66. The molecule has 1 saturated heterocycles. The number of rotatable bonds is 3. The van der Waals surface area contributed by atoms with Gasteiger partial charge in [-0.2, -0.15) is 0 Å². The van der Waals surface area contributed by atoms with Crippen LogP contribution in [0.4, 0.5) is 16.2 Å². The molecule has 1 fully saturated rings. The Labute approximate surface area is 181 Å². The molecule has 0 saturated carbocycles. The highest BCUT2D eigenvalue weighted by molar-refractivity contribution is 8.19. The zero-order chi connectivity index (χ0) is 21.6. The highest BCUT2D eigenvalue weighted by Crippen LogP contribution is 2.46. The number of hydrogen-bond acceptors (Lipinski definition) is 5. The van der Waals surface area contributed by atoms with Crippen molar-refractivity contribution in [1.82, 2.24) is 0 Å². The highest BCUT2D eigenvalue weighted by atomic mass is 32.2. The number of imide groups is 1. The van der Waals surface area contributed by atoms with Gasteiger partial charge in [0, 0.05) is 29.9 Å². The van der Waals surface area contributed by atoms with Crippen LogP contribution < -0.4 is 14.5 Å². The average molecular weight is 423 g/mol. The van der Waals surface area contributed by atoms with E-state index in [1.54, 1.807) is 25.3 Å². The van der Waals surface area contributed by atoms with Crippen LogP contribution >= 0.6 is 11.8 Å². The molecule has 2 amide bonds. The van der Waals surface area contributed by atoms with E-state index < -0.39 is 0 Å². The summed E-state index contributed by atoms with van der Waals surface area (Å²) in [6.45, 7) is 6.71. The molecular weight excluding hydrogens is 396 g/mol. The first kappa shape index (κ1) is 20.5. The highest BCUT2D eigenvalue weighted by Gasteiger charge is 2.37. The number of fused-ring (bicyclic) bond motifs is 1. The van der Waals surface area contributed by atoms with Crippen molar-refractivity contribution in [3.63, 3.8) is 0 Å². The third-order valence-electron chi connectivity index (χ3n) is 6.08. The normalized spacial score (nSPS) is 21.9. The second-order valence-electron chi connectivity index (χ2n) is 8.48. The molecule has 0 radical (unpaired) electrons. The zero-order valence-electron chi connectivity index (χ0n) is 17.9. The summed E-state index contributed by atoms with van der Waals surface area (Å²) in [5.41, 5.74) is 3.82. The number of anilines is 2. The molecule has 2 heterocycles. The van der Waals surface area contributed by atoms with Crippen LogP contribution in [0.3, 0.4) is 0 Å². The molecule has 1 atom stereocenters. The Morgan fingerprint density at radius 3 is 2.53 bits per heavy atom. The number of methoxy groups -OCH3 is 1. The van der Waals surface area contributed by atoms with Gasteiger partial charge >= 0.3 is 0 Å². The van der Waals surface area contributed by atoms with E-state index in [-0.39, 0.29) is 16.7 Å². The van der Waals surface area contributed by atoms with Crippen molar-refractivity contribution in [2.45, 2.75) is 38.6 Å². The molecule has 5 nitrogen and oxygen atoms in total. The van der Waals surface area contributed by atoms with Crippen LogP contribution in [-0.2, 0) is 4.79 Å². The van der Waals surface area contributed by atoms with Crippen molar-refractivity contribution in [2.24, 2.45) is 0 Å². The maximum atomic E-state index is 13.0. The van der Waals surface area contributed by atoms with Crippen LogP contribution in [0.1, 0.15) is 44.2 Å². The summed E-state index contributed by atoms with van der Waals surface area (Å²) in [5.74, 6) is 0.767. The van der Waals surface area contributed by atoms with E-state index in [1.807, 2.05) is 24.3 Å². The topological polar surface area (TPSA) is 49.9 Å². The largest absolute Gasteiger partial charge is 0.496 e. The van der Waals surface area contributed by atoms with Crippen molar-refractivity contribution in [1.29, 1.82) is 0 Å². The maximum Gasteiger partial charge on any atom is 0.298 e. The molecule has 2 aromatic carbocycles. The van der Waals surface area contributed by atoms with Crippen molar-refractivity contribution >= 4 is 40.4 Å². The van der Waals surface area contributed by atoms with E-state index in [1.165, 1.54) is 10.5 Å². The lowest BCUT2D eigenvalue weighted by atomic mass is 9.80. The first-order valence-electron chi connectivity index (χ1n) is 10.0. The van der Waals surface area contributed by atoms with E-state index >= 15 is 0 Å². The third-order valence-corrected chi connectivity index (χ3v) is 6.95. The Morgan fingerprint density at radius 2 is 1.87 bits per heavy atom. The van der Waals surface area contributed by atoms with Crippen LogP contribution in [0.15, 0.2) is 47.4 Å². The fourth-order valence-corrected chi connectivity index (χ4v) is 5.14. The van der Waals surface area contributed by atoms with Crippen LogP contribution in [0.25, 0.3) is 6.08 Å². The molecule has 0 aliphatic carbocycles. The average Bonchev–Trinajstić information content (AvgIpc) is 2.99. The fraction of sp³-hybridized carbons (Fsp3) is 0.333. The molecule has 1 unspecified atom stereocenters. The second-order valence-corrected chi connectivity index (χ2v) is 9.48. The SMILES string of the molecule is COc1cc2c(cc1/C=C1/SC(=O)N(c3ccccc3)C1=O)C(C)CC(C)(C)N2C. The van der Waals surface area contributed by atoms with Gasteiger partial charge in [0.2, 0.25) is 0 Å². The van der Waals surface area contributed by atoms with E-state index in [2.05, 4.69) is 38.8 Å². The second kappa shape index (κ2) is 7.51. The zero-order valence-corrected chi connectivity index (χ0v) is 18.7. The van der Waals surface area contributed by atoms with Gasteiger partial charge in [-0.25, -0.2) is 4.90 Å². The maximum absolute atomic E-state index is 13.0. The van der Waals surface area contributed by atoms with Crippen molar-refractivity contribution in [3.8, 4) is 5.75 Å². The molecule has 30 heavy (non-hydrogen) atoms. The van der Waals surface area contributed by atoms with E-state index in [9.17, 15) is 9.59 Å². The van der Waals surface area contributed by atoms with Crippen LogP contribution in [-0.4, -0.2) is 30.8 Å². The molecule has 6 heteroatoms. The fourth-order valence-electron chi connectivity index (χ4n) is 4.31. The lowest BCUT2D eigenvalue weighted by molar-refractivity contribution is -0.113. The number of amides is 2. The van der Waals surface area contributed by atoms with Gasteiger partial charge in [-0.1, -0.05) is 25.1 Å². The minimum Gasteiger partial charge on any atom is -0.496 e. The van der Waals surface area contributed by atoms with Crippen molar-refractivity contribution < 1.29 is 14.3 Å². The number of benzene rings is 2. The molecular formula is C24H26N2O3S. The monoisotopic (exact) mass is 422 g/mol. The first-order valence-corrected chi connectivity index (χ1v) is 10.8. The van der Waals surface area contributed by atoms with E-state index in [0.717, 1.165) is 29.4 Å². The number of para-hydroxylation sites is 1. The molecule has 0 spiro atoms. The molecule has 0 bridgehead atoms. The minimum absolute atomic E-state index is 0.0529. The van der Waals surface area contributed by atoms with Crippen molar-refractivity contribution in [2.75, 3.05) is 24.0 Å². The van der Waals surface area contributed by atoms with Gasteiger partial charge in [0.1, 0.15) is 5.75 Å². The lowest BCUT2D eigenvalue weighted by Crippen LogP contribution is -2.45. The predicted molar refractivity (Wildman–Crippen MR) is 123 cm³/mol. The summed E-state index contributed by atoms with van der Waals surface area (Å²) in [4.78, 5) is 29.4. The first-order chi connectivity index (χ1) is 14.2. The number of hydrogen-bond donors (Lipinski definition) is 0. The predicted octanol–water partition coefficient (Wildman–Crippen LogP) is 5.66. The third kappa shape index (κ3) is 3.39. The minimum atomic E-state index is -0.303. The smallest absolute Gasteiger partial charge is 0.298 e. The van der Waals surface area contributed by atoms with E-state index in [0.29, 0.717) is 22.3 Å². The standard InChI is InChI=1S/C24H26N2O3S/c1-15-14-24(2,3)25(4)19-13-20(29-5)16(11-18(15)19)12-21-22(27)26(23(28)30-21)17-9-7-6-8-10-17/h6-13,15H,14H2,1-5H3/b21-12+. The number of carbonyl (C=O) groups is 2. The summed E-state index contributed by atoms with van der Waals surface area (Å²) in [5, 5.41) is -0.288. The molecule has 0 aromatic heterocycles. The van der Waals surface area contributed by atoms with Gasteiger partial charge in [0.25, 0.3) is 11.1 Å². The molecule has 2 aromatic rings.